The molecule has 1 aliphatic carbocycles. The van der Waals surface area contributed by atoms with Crippen LogP contribution in [0.3, 0.4) is 0 Å². The van der Waals surface area contributed by atoms with Crippen LogP contribution in [-0.2, 0) is 4.79 Å². The van der Waals surface area contributed by atoms with Gasteiger partial charge in [0.1, 0.15) is 11.5 Å². The van der Waals surface area contributed by atoms with Crippen LogP contribution in [0.25, 0.3) is 6.08 Å². The van der Waals surface area contributed by atoms with Gasteiger partial charge in [-0.15, -0.1) is 0 Å². The second-order valence-electron chi connectivity index (χ2n) is 5.24. The Morgan fingerprint density at radius 2 is 1.95 bits per heavy atom. The van der Waals surface area contributed by atoms with E-state index in [0.717, 1.165) is 27.7 Å². The van der Waals surface area contributed by atoms with Crippen molar-refractivity contribution in [2.75, 3.05) is 6.54 Å². The molecule has 0 spiro atoms. The van der Waals surface area contributed by atoms with E-state index in [-0.39, 0.29) is 18.4 Å². The standard InChI is InChI=1S/C18H17NO3/c1-13(20)19(21)12-15-11-10-14-6-5-9-17(18(14)15)22-16-7-3-2-4-8-16/h2-11,15,21H,12H2,1H3. The van der Waals surface area contributed by atoms with Gasteiger partial charge in [0.05, 0.1) is 6.54 Å². The zero-order chi connectivity index (χ0) is 15.5. The third-order valence-electron chi connectivity index (χ3n) is 3.68. The molecule has 2 aromatic rings. The van der Waals surface area contributed by atoms with Crippen molar-refractivity contribution in [3.63, 3.8) is 0 Å². The molecule has 0 bridgehead atoms. The summed E-state index contributed by atoms with van der Waals surface area (Å²) in [4.78, 5) is 11.2. The number of hydrogen-bond acceptors (Lipinski definition) is 3. The average Bonchev–Trinajstić information content (AvgIpc) is 2.92. The second-order valence-corrected chi connectivity index (χ2v) is 5.24. The van der Waals surface area contributed by atoms with Crippen LogP contribution >= 0.6 is 0 Å². The Kier molecular flexibility index (Phi) is 3.94. The lowest BCUT2D eigenvalue weighted by Gasteiger charge is -2.20. The Morgan fingerprint density at radius 1 is 1.18 bits per heavy atom. The van der Waals surface area contributed by atoms with Gasteiger partial charge in [-0.1, -0.05) is 42.5 Å². The molecule has 3 rings (SSSR count). The number of benzene rings is 2. The van der Waals surface area contributed by atoms with E-state index in [4.69, 9.17) is 4.74 Å². The highest BCUT2D eigenvalue weighted by atomic mass is 16.5. The Hall–Kier alpha value is -2.59. The van der Waals surface area contributed by atoms with Crippen LogP contribution in [0.2, 0.25) is 0 Å². The van der Waals surface area contributed by atoms with Gasteiger partial charge in [-0.25, -0.2) is 5.06 Å². The van der Waals surface area contributed by atoms with Gasteiger partial charge >= 0.3 is 0 Å². The van der Waals surface area contributed by atoms with Crippen LogP contribution in [0.4, 0.5) is 0 Å². The fourth-order valence-corrected chi connectivity index (χ4v) is 2.59. The molecule has 0 fully saturated rings. The van der Waals surface area contributed by atoms with Crippen molar-refractivity contribution >= 4 is 12.0 Å². The number of carbonyl (C=O) groups is 1. The maximum absolute atomic E-state index is 11.2. The van der Waals surface area contributed by atoms with E-state index in [2.05, 4.69) is 0 Å². The first-order valence-electron chi connectivity index (χ1n) is 7.16. The number of fused-ring (bicyclic) bond motifs is 1. The van der Waals surface area contributed by atoms with Gasteiger partial charge in [-0.3, -0.25) is 10.0 Å². The molecule has 4 nitrogen and oxygen atoms in total. The van der Waals surface area contributed by atoms with Gasteiger partial charge in [-0.05, 0) is 23.8 Å². The Balaban J connectivity index is 1.89. The fraction of sp³-hybridized carbons (Fsp3) is 0.167. The minimum absolute atomic E-state index is 0.0798. The molecule has 0 aromatic heterocycles. The molecule has 1 aliphatic rings. The average molecular weight is 295 g/mol. The lowest BCUT2D eigenvalue weighted by atomic mass is 9.99. The molecule has 0 radical (unpaired) electrons. The fourth-order valence-electron chi connectivity index (χ4n) is 2.59. The van der Waals surface area contributed by atoms with Crippen molar-refractivity contribution in [1.29, 1.82) is 0 Å². The van der Waals surface area contributed by atoms with Gasteiger partial charge < -0.3 is 4.74 Å². The van der Waals surface area contributed by atoms with E-state index in [0.29, 0.717) is 0 Å². The topological polar surface area (TPSA) is 49.8 Å². The Bertz CT molecular complexity index is 710. The van der Waals surface area contributed by atoms with E-state index < -0.39 is 0 Å². The molecule has 0 saturated heterocycles. The largest absolute Gasteiger partial charge is 0.457 e. The normalized spacial score (nSPS) is 15.5. The third-order valence-corrected chi connectivity index (χ3v) is 3.68. The lowest BCUT2D eigenvalue weighted by Crippen LogP contribution is -2.28. The van der Waals surface area contributed by atoms with Crippen LogP contribution in [0.15, 0.2) is 54.6 Å². The highest BCUT2D eigenvalue weighted by Gasteiger charge is 2.24. The van der Waals surface area contributed by atoms with E-state index in [1.54, 1.807) is 0 Å². The summed E-state index contributed by atoms with van der Waals surface area (Å²) in [6, 6.07) is 15.4. The van der Waals surface area contributed by atoms with Crippen molar-refractivity contribution in [3.05, 3.63) is 65.7 Å². The third kappa shape index (κ3) is 2.87. The number of ether oxygens (including phenoxy) is 1. The smallest absolute Gasteiger partial charge is 0.242 e. The molecule has 0 saturated carbocycles. The Labute approximate surface area is 129 Å². The first-order chi connectivity index (χ1) is 10.6. The quantitative estimate of drug-likeness (QED) is 0.689. The summed E-state index contributed by atoms with van der Waals surface area (Å²) in [5, 5.41) is 10.4. The predicted molar refractivity (Wildman–Crippen MR) is 83.9 cm³/mol. The number of nitrogens with zero attached hydrogens (tertiary/aromatic N) is 1. The summed E-state index contributed by atoms with van der Waals surface area (Å²) in [6.07, 6.45) is 3.97. The molecule has 1 unspecified atom stereocenters. The van der Waals surface area contributed by atoms with Gasteiger partial charge in [0.15, 0.2) is 0 Å². The molecule has 0 heterocycles. The van der Waals surface area contributed by atoms with Crippen LogP contribution in [-0.4, -0.2) is 22.7 Å². The van der Waals surface area contributed by atoms with Crippen molar-refractivity contribution in [2.24, 2.45) is 0 Å². The molecule has 2 aromatic carbocycles. The summed E-state index contributed by atoms with van der Waals surface area (Å²) in [5.74, 6) is 1.05. The van der Waals surface area contributed by atoms with Crippen molar-refractivity contribution in [1.82, 2.24) is 5.06 Å². The number of hydrogen-bond donors (Lipinski definition) is 1. The first-order valence-corrected chi connectivity index (χ1v) is 7.16. The van der Waals surface area contributed by atoms with Gasteiger partial charge in [0, 0.05) is 18.4 Å². The number of para-hydroxylation sites is 1. The summed E-state index contributed by atoms with van der Waals surface area (Å²) in [6.45, 7) is 1.56. The zero-order valence-corrected chi connectivity index (χ0v) is 12.3. The maximum atomic E-state index is 11.2. The second kappa shape index (κ2) is 6.03. The molecule has 112 valence electrons. The molecule has 0 aliphatic heterocycles. The van der Waals surface area contributed by atoms with E-state index >= 15 is 0 Å². The molecular weight excluding hydrogens is 278 g/mol. The lowest BCUT2D eigenvalue weighted by molar-refractivity contribution is -0.163. The molecular formula is C18H17NO3. The monoisotopic (exact) mass is 295 g/mol. The zero-order valence-electron chi connectivity index (χ0n) is 12.3. The molecule has 22 heavy (non-hydrogen) atoms. The van der Waals surface area contributed by atoms with E-state index in [9.17, 15) is 10.0 Å². The summed E-state index contributed by atoms with van der Waals surface area (Å²) < 4.78 is 5.97. The Morgan fingerprint density at radius 3 is 2.68 bits per heavy atom. The highest BCUT2D eigenvalue weighted by Crippen LogP contribution is 2.39. The number of carbonyl (C=O) groups excluding carboxylic acids is 1. The molecule has 1 atom stereocenters. The molecule has 1 amide bonds. The van der Waals surface area contributed by atoms with Crippen LogP contribution < -0.4 is 4.74 Å². The van der Waals surface area contributed by atoms with Crippen molar-refractivity contribution in [3.8, 4) is 11.5 Å². The molecule has 4 heteroatoms. The minimum atomic E-state index is -0.372. The van der Waals surface area contributed by atoms with Crippen molar-refractivity contribution < 1.29 is 14.7 Å². The number of rotatable bonds is 4. The van der Waals surface area contributed by atoms with Gasteiger partial charge in [-0.2, -0.15) is 0 Å². The van der Waals surface area contributed by atoms with E-state index in [1.165, 1.54) is 6.92 Å². The van der Waals surface area contributed by atoms with Gasteiger partial charge in [0.25, 0.3) is 0 Å². The summed E-state index contributed by atoms with van der Waals surface area (Å²) >= 11 is 0. The minimum Gasteiger partial charge on any atom is -0.457 e. The predicted octanol–water partition coefficient (Wildman–Crippen LogP) is 3.83. The van der Waals surface area contributed by atoms with Crippen molar-refractivity contribution in [2.45, 2.75) is 12.8 Å². The molecule has 1 N–H and O–H groups in total. The number of hydroxylamine groups is 2. The van der Waals surface area contributed by atoms with Crippen LogP contribution in [0.1, 0.15) is 24.0 Å². The highest BCUT2D eigenvalue weighted by molar-refractivity contribution is 5.73. The number of amides is 1. The summed E-state index contributed by atoms with van der Waals surface area (Å²) in [7, 11) is 0. The van der Waals surface area contributed by atoms with Crippen LogP contribution in [0.5, 0.6) is 11.5 Å². The van der Waals surface area contributed by atoms with Gasteiger partial charge in [0.2, 0.25) is 5.91 Å². The summed E-state index contributed by atoms with van der Waals surface area (Å²) in [5.41, 5.74) is 2.04. The maximum Gasteiger partial charge on any atom is 0.242 e. The first kappa shape index (κ1) is 14.4. The van der Waals surface area contributed by atoms with E-state index in [1.807, 2.05) is 60.7 Å². The SMILES string of the molecule is CC(=O)N(O)CC1C=Cc2cccc(Oc3ccccc3)c21. The van der Waals surface area contributed by atoms with Crippen LogP contribution in [0, 0.1) is 0 Å².